The Morgan fingerprint density at radius 3 is 2.22 bits per heavy atom. The number of H-pyrrole nitrogens is 1. The van der Waals surface area contributed by atoms with Gasteiger partial charge in [0.2, 0.25) is 5.91 Å². The predicted molar refractivity (Wildman–Crippen MR) is 130 cm³/mol. The molecule has 5 unspecified atom stereocenters. The Hall–Kier alpha value is -4.19. The van der Waals surface area contributed by atoms with E-state index in [9.17, 15) is 38.7 Å². The van der Waals surface area contributed by atoms with Crippen LogP contribution in [-0.2, 0) is 52.4 Å². The Morgan fingerprint density at radius 2 is 1.71 bits per heavy atom. The largest absolute Gasteiger partial charge is 0.458 e. The summed E-state index contributed by atoms with van der Waals surface area (Å²) < 4.78 is 33.4. The summed E-state index contributed by atoms with van der Waals surface area (Å²) >= 11 is 0. The van der Waals surface area contributed by atoms with E-state index in [1.807, 2.05) is 4.98 Å². The van der Waals surface area contributed by atoms with Crippen molar-refractivity contribution in [2.75, 3.05) is 7.11 Å². The summed E-state index contributed by atoms with van der Waals surface area (Å²) in [6.45, 7) is 3.18. The van der Waals surface area contributed by atoms with Crippen molar-refractivity contribution in [3.63, 3.8) is 0 Å². The van der Waals surface area contributed by atoms with Crippen LogP contribution in [0.2, 0.25) is 0 Å². The molecule has 1 aliphatic carbocycles. The lowest BCUT2D eigenvalue weighted by molar-refractivity contribution is -0.226. The first-order valence-electron chi connectivity index (χ1n) is 12.1. The van der Waals surface area contributed by atoms with Gasteiger partial charge in [0.1, 0.15) is 30.7 Å². The number of esters is 3. The Labute approximate surface area is 231 Å². The minimum Gasteiger partial charge on any atom is -0.458 e. The van der Waals surface area contributed by atoms with Gasteiger partial charge in [0, 0.05) is 45.7 Å². The second-order valence-corrected chi connectivity index (χ2v) is 9.10. The number of methoxy groups -OCH3 is 1. The van der Waals surface area contributed by atoms with Crippen LogP contribution >= 0.6 is 0 Å². The highest BCUT2D eigenvalue weighted by atomic mass is 16.7. The minimum absolute atomic E-state index is 0.144. The maximum atomic E-state index is 12.6. The number of aromatic nitrogens is 2. The van der Waals surface area contributed by atoms with Crippen molar-refractivity contribution < 1.29 is 57.5 Å². The summed E-state index contributed by atoms with van der Waals surface area (Å²) in [4.78, 5) is 85.6. The Kier molecular flexibility index (Phi) is 9.92. The van der Waals surface area contributed by atoms with Crippen LogP contribution in [-0.4, -0.2) is 94.8 Å². The molecule has 17 heteroatoms. The second-order valence-electron chi connectivity index (χ2n) is 9.10. The number of nitrogens with one attached hydrogen (secondary N) is 1. The molecule has 1 aromatic rings. The summed E-state index contributed by atoms with van der Waals surface area (Å²) in [6.07, 6.45) is -9.91. The van der Waals surface area contributed by atoms with E-state index >= 15 is 0 Å². The summed E-state index contributed by atoms with van der Waals surface area (Å²) in [5.74, 6) is -5.10. The minimum atomic E-state index is -2.09. The van der Waals surface area contributed by atoms with Crippen LogP contribution in [0.5, 0.6) is 0 Å². The van der Waals surface area contributed by atoms with Gasteiger partial charge in [-0.3, -0.25) is 38.3 Å². The maximum absolute atomic E-state index is 12.6. The van der Waals surface area contributed by atoms with Crippen LogP contribution in [0.25, 0.3) is 0 Å². The second kappa shape index (κ2) is 13.0. The van der Waals surface area contributed by atoms with Gasteiger partial charge in [-0.15, -0.1) is 0 Å². The molecule has 0 bridgehead atoms. The Bertz CT molecular complexity index is 1340. The fourth-order valence-corrected chi connectivity index (χ4v) is 4.73. The lowest BCUT2D eigenvalue weighted by Gasteiger charge is -2.33. The zero-order chi connectivity index (χ0) is 30.6. The third kappa shape index (κ3) is 6.94. The molecule has 3 rings (SSSR count). The van der Waals surface area contributed by atoms with Gasteiger partial charge < -0.3 is 39.3 Å². The zero-order valence-electron chi connectivity index (χ0n) is 22.3. The molecule has 4 N–H and O–H groups in total. The van der Waals surface area contributed by atoms with Gasteiger partial charge in [0.25, 0.3) is 5.56 Å². The quantitative estimate of drug-likeness (QED) is 0.103. The normalized spacial score (nSPS) is 28.7. The lowest BCUT2D eigenvalue weighted by atomic mass is 9.98. The number of aromatic amines is 1. The number of nitrogens with two attached hydrogens (primary N) is 1. The Balaban J connectivity index is 1.99. The van der Waals surface area contributed by atoms with Crippen molar-refractivity contribution >= 4 is 30.1 Å². The molecule has 1 saturated heterocycles. The number of carbonyl (C=O) groups is 5. The zero-order valence-corrected chi connectivity index (χ0v) is 22.3. The van der Waals surface area contributed by atoms with Crippen molar-refractivity contribution in [1.29, 1.82) is 0 Å². The van der Waals surface area contributed by atoms with Gasteiger partial charge in [-0.1, -0.05) is 0 Å². The number of rotatable bonds is 11. The van der Waals surface area contributed by atoms with E-state index in [2.05, 4.69) is 0 Å². The molecule has 9 atom stereocenters. The summed E-state index contributed by atoms with van der Waals surface area (Å²) in [5.41, 5.74) is 3.76. The van der Waals surface area contributed by atoms with Gasteiger partial charge in [-0.25, -0.2) is 4.79 Å². The standard InChI is InChI=1S/C24H29N3O14/c1-9(29)37-13-7-12(8-28)16(38-10(2)30)15(13)23(34)41-19(21(25)33)18-17(36-4)20(39-11(3)31)22(40-18)27-6-5-14(32)26-24(27)35/h5-8,13,15-20,22-23,34H,1-4H3,(H2,25,33)(H,26,32,35)/t13?,15-,16?,17-,18-,19?,20?,22?,23+/m0/s1. The molecule has 0 radical (unpaired) electrons. The fourth-order valence-electron chi connectivity index (χ4n) is 4.73. The molecular weight excluding hydrogens is 554 g/mol. The van der Waals surface area contributed by atoms with Crippen molar-refractivity contribution in [1.82, 2.24) is 9.55 Å². The molecule has 1 aliphatic heterocycles. The van der Waals surface area contributed by atoms with E-state index in [0.29, 0.717) is 6.29 Å². The van der Waals surface area contributed by atoms with Crippen molar-refractivity contribution in [2.45, 2.75) is 69.9 Å². The van der Waals surface area contributed by atoms with E-state index in [4.69, 9.17) is 34.2 Å². The van der Waals surface area contributed by atoms with E-state index < -0.39 is 90.1 Å². The van der Waals surface area contributed by atoms with Gasteiger partial charge in [0.15, 0.2) is 24.7 Å². The molecule has 1 aromatic heterocycles. The smallest absolute Gasteiger partial charge is 0.330 e. The van der Waals surface area contributed by atoms with Crippen molar-refractivity contribution in [3.05, 3.63) is 44.8 Å². The van der Waals surface area contributed by atoms with E-state index in [1.54, 1.807) is 0 Å². The predicted octanol–water partition coefficient (Wildman–Crippen LogP) is -2.81. The molecule has 2 aliphatic rings. The van der Waals surface area contributed by atoms with E-state index in [-0.39, 0.29) is 5.57 Å². The lowest BCUT2D eigenvalue weighted by Crippen LogP contribution is -2.52. The number of aliphatic hydroxyl groups is 1. The molecule has 0 saturated carbocycles. The molecule has 0 aromatic carbocycles. The van der Waals surface area contributed by atoms with E-state index in [0.717, 1.165) is 43.7 Å². The van der Waals surface area contributed by atoms with Gasteiger partial charge >= 0.3 is 23.6 Å². The average molecular weight is 584 g/mol. The third-order valence-corrected chi connectivity index (χ3v) is 6.26. The Morgan fingerprint density at radius 1 is 1.07 bits per heavy atom. The molecule has 0 spiro atoms. The van der Waals surface area contributed by atoms with Crippen LogP contribution in [0.3, 0.4) is 0 Å². The van der Waals surface area contributed by atoms with Crippen LogP contribution < -0.4 is 17.0 Å². The topological polar surface area (TPSA) is 242 Å². The molecule has 41 heavy (non-hydrogen) atoms. The summed E-state index contributed by atoms with van der Waals surface area (Å²) in [6, 6.07) is 0.999. The van der Waals surface area contributed by atoms with Crippen molar-refractivity contribution in [2.24, 2.45) is 11.7 Å². The maximum Gasteiger partial charge on any atom is 0.330 e. The van der Waals surface area contributed by atoms with Gasteiger partial charge in [-0.05, 0) is 6.08 Å². The SMILES string of the molecule is CO[C@@H]1C(OC(C)=O)C(n2ccc(=O)[nH]c2=O)O[C@@H]1C(O[C@@H](O)[C@H]1C(OC(C)=O)C=C(C=O)C1OC(C)=O)C(N)=O. The number of carbonyl (C=O) groups excluding carboxylic acids is 5. The van der Waals surface area contributed by atoms with E-state index in [1.165, 1.54) is 7.11 Å². The molecule has 17 nitrogen and oxygen atoms in total. The number of ether oxygens (including phenoxy) is 6. The molecule has 1 amide bonds. The molecule has 224 valence electrons. The van der Waals surface area contributed by atoms with Crippen LogP contribution in [0.1, 0.15) is 27.0 Å². The summed E-state index contributed by atoms with van der Waals surface area (Å²) in [7, 11) is 1.18. The average Bonchev–Trinajstić information content (AvgIpc) is 3.38. The highest BCUT2D eigenvalue weighted by molar-refractivity contribution is 5.80. The molecular formula is C24H29N3O14. The first-order valence-corrected chi connectivity index (χ1v) is 12.1. The monoisotopic (exact) mass is 583 g/mol. The first-order chi connectivity index (χ1) is 19.3. The number of amides is 1. The third-order valence-electron chi connectivity index (χ3n) is 6.26. The number of aliphatic hydroxyl groups excluding tert-OH is 1. The van der Waals surface area contributed by atoms with Crippen LogP contribution in [0, 0.1) is 5.92 Å². The first kappa shape index (κ1) is 31.3. The number of hydrogen-bond acceptors (Lipinski definition) is 14. The van der Waals surface area contributed by atoms with Crippen LogP contribution in [0.15, 0.2) is 33.5 Å². The number of nitrogens with zero attached hydrogens (tertiary/aromatic N) is 1. The van der Waals surface area contributed by atoms with Gasteiger partial charge in [0.05, 0.1) is 5.92 Å². The number of primary amides is 1. The molecule has 1 fully saturated rings. The highest BCUT2D eigenvalue weighted by Crippen LogP contribution is 2.38. The summed E-state index contributed by atoms with van der Waals surface area (Å²) in [5, 5.41) is 11.1. The number of aldehydes is 1. The van der Waals surface area contributed by atoms with Crippen LogP contribution in [0.4, 0.5) is 0 Å². The fraction of sp³-hybridized carbons (Fsp3) is 0.542. The highest BCUT2D eigenvalue weighted by Gasteiger charge is 2.55. The number of hydrogen-bond donors (Lipinski definition) is 3. The van der Waals surface area contributed by atoms with Gasteiger partial charge in [-0.2, -0.15) is 0 Å². The van der Waals surface area contributed by atoms with Crippen molar-refractivity contribution in [3.8, 4) is 0 Å². The molecule has 2 heterocycles.